The van der Waals surface area contributed by atoms with E-state index in [2.05, 4.69) is 19.9 Å². The predicted octanol–water partition coefficient (Wildman–Crippen LogP) is 3.85. The number of carbonyl (C=O) groups excluding carboxylic acids is 1. The summed E-state index contributed by atoms with van der Waals surface area (Å²) >= 11 is 0. The van der Waals surface area contributed by atoms with Gasteiger partial charge in [0.05, 0.1) is 0 Å². The molecule has 4 aliphatic rings. The fourth-order valence-corrected chi connectivity index (χ4v) is 6.46. The van der Waals surface area contributed by atoms with E-state index in [4.69, 9.17) is 5.73 Å². The van der Waals surface area contributed by atoms with E-state index >= 15 is 0 Å². The highest BCUT2D eigenvalue weighted by atomic mass is 16.1. The van der Waals surface area contributed by atoms with Crippen molar-refractivity contribution in [1.82, 2.24) is 0 Å². The maximum Gasteiger partial charge on any atom is 0.139 e. The smallest absolute Gasteiger partial charge is 0.139 e. The van der Waals surface area contributed by atoms with Crippen molar-refractivity contribution in [3.8, 4) is 0 Å². The lowest BCUT2D eigenvalue weighted by Gasteiger charge is -2.56. The van der Waals surface area contributed by atoms with Crippen LogP contribution >= 0.6 is 0 Å². The summed E-state index contributed by atoms with van der Waals surface area (Å²) in [6.07, 6.45) is 11.7. The SMILES string of the molecule is C[C@]12CC[C@H](N)CC1=CC[C@@H]1[C@@H]2CC[C@]2(C)C(=O)CC[C@@H]12. The van der Waals surface area contributed by atoms with E-state index in [0.717, 1.165) is 37.5 Å². The van der Waals surface area contributed by atoms with Crippen molar-refractivity contribution in [2.24, 2.45) is 34.3 Å². The third-order valence-corrected chi connectivity index (χ3v) is 7.85. The average Bonchev–Trinajstić information content (AvgIpc) is 2.76. The van der Waals surface area contributed by atoms with Crippen molar-refractivity contribution in [3.05, 3.63) is 11.6 Å². The van der Waals surface area contributed by atoms with Gasteiger partial charge in [0.25, 0.3) is 0 Å². The van der Waals surface area contributed by atoms with Crippen LogP contribution in [0.5, 0.6) is 0 Å². The first-order chi connectivity index (χ1) is 9.95. The molecule has 0 saturated heterocycles. The minimum atomic E-state index is 0.00788. The third kappa shape index (κ3) is 1.78. The summed E-state index contributed by atoms with van der Waals surface area (Å²) in [6, 6.07) is 0.378. The molecule has 4 rings (SSSR count). The largest absolute Gasteiger partial charge is 0.327 e. The van der Waals surface area contributed by atoms with Gasteiger partial charge in [-0.15, -0.1) is 0 Å². The first kappa shape index (κ1) is 14.0. The molecule has 0 heterocycles. The van der Waals surface area contributed by atoms with Crippen molar-refractivity contribution in [2.45, 2.75) is 71.3 Å². The number of allylic oxidation sites excluding steroid dienone is 1. The normalized spacial score (nSPS) is 52.7. The third-order valence-electron chi connectivity index (χ3n) is 7.85. The van der Waals surface area contributed by atoms with Crippen molar-refractivity contribution >= 4 is 5.78 Å². The highest BCUT2D eigenvalue weighted by Gasteiger charge is 2.58. The Bertz CT molecular complexity index is 510. The molecule has 2 heteroatoms. The highest BCUT2D eigenvalue weighted by Crippen LogP contribution is 2.63. The standard InChI is InChI=1S/C19H29NO/c1-18-9-7-13(20)11-12(18)3-4-14-15-5-6-17(21)19(15,2)10-8-16(14)18/h3,13-16H,4-11,20H2,1-2H3/t13-,14-,15-,16-,18-,19-/m0/s1. The summed E-state index contributed by atoms with van der Waals surface area (Å²) in [5.41, 5.74) is 8.25. The molecule has 3 saturated carbocycles. The van der Waals surface area contributed by atoms with Crippen LogP contribution in [0.25, 0.3) is 0 Å². The average molecular weight is 287 g/mol. The minimum absolute atomic E-state index is 0.00788. The first-order valence-corrected chi connectivity index (χ1v) is 8.93. The lowest BCUT2D eigenvalue weighted by molar-refractivity contribution is -0.131. The van der Waals surface area contributed by atoms with Gasteiger partial charge >= 0.3 is 0 Å². The Kier molecular flexibility index (Phi) is 2.96. The van der Waals surface area contributed by atoms with E-state index in [9.17, 15) is 4.79 Å². The second kappa shape index (κ2) is 4.44. The number of Topliss-reactive ketones (excluding diaryl/α,β-unsaturated/α-hetero) is 1. The molecule has 2 nitrogen and oxygen atoms in total. The summed E-state index contributed by atoms with van der Waals surface area (Å²) < 4.78 is 0. The molecule has 0 amide bonds. The zero-order valence-corrected chi connectivity index (χ0v) is 13.5. The van der Waals surface area contributed by atoms with Crippen LogP contribution in [0.4, 0.5) is 0 Å². The van der Waals surface area contributed by atoms with E-state index in [1.807, 2.05) is 0 Å². The van der Waals surface area contributed by atoms with Crippen LogP contribution in [0.1, 0.15) is 65.2 Å². The molecule has 116 valence electrons. The topological polar surface area (TPSA) is 43.1 Å². The van der Waals surface area contributed by atoms with Crippen LogP contribution in [-0.2, 0) is 4.79 Å². The van der Waals surface area contributed by atoms with Crippen LogP contribution in [0.3, 0.4) is 0 Å². The maximum absolute atomic E-state index is 12.4. The van der Waals surface area contributed by atoms with E-state index in [1.165, 1.54) is 25.7 Å². The van der Waals surface area contributed by atoms with Gasteiger partial charge in [-0.2, -0.15) is 0 Å². The van der Waals surface area contributed by atoms with Crippen molar-refractivity contribution in [1.29, 1.82) is 0 Å². The van der Waals surface area contributed by atoms with Crippen LogP contribution in [0, 0.1) is 28.6 Å². The Balaban J connectivity index is 1.69. The first-order valence-electron chi connectivity index (χ1n) is 8.93. The maximum atomic E-state index is 12.4. The van der Waals surface area contributed by atoms with Gasteiger partial charge in [0.15, 0.2) is 0 Å². The molecule has 21 heavy (non-hydrogen) atoms. The van der Waals surface area contributed by atoms with Crippen molar-refractivity contribution in [2.75, 3.05) is 0 Å². The lowest BCUT2D eigenvalue weighted by Crippen LogP contribution is -2.51. The van der Waals surface area contributed by atoms with Gasteiger partial charge in [-0.05, 0) is 68.1 Å². The molecule has 6 atom stereocenters. The van der Waals surface area contributed by atoms with Gasteiger partial charge in [-0.3, -0.25) is 4.79 Å². The summed E-state index contributed by atoms with van der Waals surface area (Å²) in [5.74, 6) is 2.75. The van der Waals surface area contributed by atoms with Gasteiger partial charge in [0.2, 0.25) is 0 Å². The van der Waals surface area contributed by atoms with Crippen molar-refractivity contribution < 1.29 is 4.79 Å². The zero-order chi connectivity index (χ0) is 14.8. The summed E-state index contributed by atoms with van der Waals surface area (Å²) in [5, 5.41) is 0. The lowest BCUT2D eigenvalue weighted by atomic mass is 9.48. The Morgan fingerprint density at radius 3 is 2.62 bits per heavy atom. The summed E-state index contributed by atoms with van der Waals surface area (Å²) in [6.45, 7) is 4.77. The Morgan fingerprint density at radius 2 is 1.81 bits per heavy atom. The van der Waals surface area contributed by atoms with Gasteiger partial charge in [-0.1, -0.05) is 25.5 Å². The molecule has 0 aromatic carbocycles. The minimum Gasteiger partial charge on any atom is -0.327 e. The number of rotatable bonds is 0. The fraction of sp³-hybridized carbons (Fsp3) is 0.842. The monoisotopic (exact) mass is 287 g/mol. The molecule has 0 bridgehead atoms. The number of hydrogen-bond acceptors (Lipinski definition) is 2. The Morgan fingerprint density at radius 1 is 1.10 bits per heavy atom. The molecule has 0 radical (unpaired) electrons. The van der Waals surface area contributed by atoms with Gasteiger partial charge in [-0.25, -0.2) is 0 Å². The predicted molar refractivity (Wildman–Crippen MR) is 84.7 cm³/mol. The molecular formula is C19H29NO. The van der Waals surface area contributed by atoms with E-state index in [-0.39, 0.29) is 5.41 Å². The number of ketones is 1. The second-order valence-electron chi connectivity index (χ2n) is 8.68. The Hall–Kier alpha value is -0.630. The van der Waals surface area contributed by atoms with E-state index in [1.54, 1.807) is 5.57 Å². The quantitative estimate of drug-likeness (QED) is 0.688. The van der Waals surface area contributed by atoms with Crippen LogP contribution in [0.2, 0.25) is 0 Å². The number of nitrogens with two attached hydrogens (primary N) is 1. The zero-order valence-electron chi connectivity index (χ0n) is 13.5. The number of hydrogen-bond donors (Lipinski definition) is 1. The molecule has 3 fully saturated rings. The molecule has 0 aromatic heterocycles. The van der Waals surface area contributed by atoms with Crippen LogP contribution < -0.4 is 5.73 Å². The fourth-order valence-electron chi connectivity index (χ4n) is 6.46. The summed E-state index contributed by atoms with van der Waals surface area (Å²) in [7, 11) is 0. The molecule has 4 aliphatic carbocycles. The molecule has 0 aliphatic heterocycles. The molecule has 2 N–H and O–H groups in total. The number of carbonyl (C=O) groups is 1. The number of fused-ring (bicyclic) bond motifs is 5. The Labute approximate surface area is 128 Å². The molecular weight excluding hydrogens is 258 g/mol. The molecule has 0 unspecified atom stereocenters. The highest BCUT2D eigenvalue weighted by molar-refractivity contribution is 5.87. The second-order valence-corrected chi connectivity index (χ2v) is 8.68. The molecule has 0 spiro atoms. The van der Waals surface area contributed by atoms with Gasteiger partial charge < -0.3 is 5.73 Å². The van der Waals surface area contributed by atoms with E-state index in [0.29, 0.717) is 23.2 Å². The van der Waals surface area contributed by atoms with Gasteiger partial charge in [0, 0.05) is 17.9 Å². The summed E-state index contributed by atoms with van der Waals surface area (Å²) in [4.78, 5) is 12.4. The van der Waals surface area contributed by atoms with Crippen LogP contribution in [0.15, 0.2) is 11.6 Å². The van der Waals surface area contributed by atoms with Crippen molar-refractivity contribution in [3.63, 3.8) is 0 Å². The van der Waals surface area contributed by atoms with Gasteiger partial charge in [0.1, 0.15) is 5.78 Å². The van der Waals surface area contributed by atoms with Crippen LogP contribution in [-0.4, -0.2) is 11.8 Å². The molecule has 0 aromatic rings. The van der Waals surface area contributed by atoms with E-state index < -0.39 is 0 Å².